The number of hydrogen-bond acceptors (Lipinski definition) is 5. The number of benzene rings is 1. The fraction of sp³-hybridized carbons (Fsp3) is 0.300. The van der Waals surface area contributed by atoms with Crippen LogP contribution in [0.3, 0.4) is 0 Å². The lowest BCUT2D eigenvalue weighted by Gasteiger charge is -2.21. The molecule has 27 heavy (non-hydrogen) atoms. The molecule has 0 radical (unpaired) electrons. The van der Waals surface area contributed by atoms with E-state index in [9.17, 15) is 4.79 Å². The van der Waals surface area contributed by atoms with E-state index >= 15 is 0 Å². The maximum absolute atomic E-state index is 12.7. The van der Waals surface area contributed by atoms with Crippen LogP contribution in [0.4, 0.5) is 11.4 Å². The van der Waals surface area contributed by atoms with Crippen LogP contribution in [0.15, 0.2) is 40.1 Å². The fourth-order valence-electron chi connectivity index (χ4n) is 3.29. The molecule has 0 bridgehead atoms. The van der Waals surface area contributed by atoms with Crippen LogP contribution in [-0.4, -0.2) is 24.0 Å². The first-order chi connectivity index (χ1) is 13.1. The highest BCUT2D eigenvalue weighted by Crippen LogP contribution is 2.32. The van der Waals surface area contributed by atoms with E-state index < -0.39 is 0 Å². The first-order valence-corrected chi connectivity index (χ1v) is 10.2. The topological polar surface area (TPSA) is 58.4 Å². The van der Waals surface area contributed by atoms with Gasteiger partial charge in [0.1, 0.15) is 5.76 Å². The minimum Gasteiger partial charge on any atom is -0.440 e. The number of amides is 1. The maximum atomic E-state index is 12.7. The van der Waals surface area contributed by atoms with Crippen molar-refractivity contribution in [3.8, 4) is 10.8 Å². The molecule has 0 aliphatic carbocycles. The largest absolute Gasteiger partial charge is 0.440 e. The zero-order valence-electron chi connectivity index (χ0n) is 15.0. The second kappa shape index (κ2) is 7.74. The smallest absolute Gasteiger partial charge is 0.236 e. The third-order valence-corrected chi connectivity index (χ3v) is 5.73. The number of halogens is 1. The van der Waals surface area contributed by atoms with Crippen LogP contribution in [0.25, 0.3) is 10.8 Å². The number of aryl methyl sites for hydroxylation is 1. The van der Waals surface area contributed by atoms with Crippen LogP contribution in [0, 0.1) is 6.92 Å². The first-order valence-electron chi connectivity index (χ1n) is 8.94. The van der Waals surface area contributed by atoms with E-state index in [0.29, 0.717) is 22.4 Å². The van der Waals surface area contributed by atoms with Crippen molar-refractivity contribution in [2.24, 2.45) is 0 Å². The molecule has 1 aliphatic heterocycles. The number of carbonyl (C=O) groups is 1. The Hall–Kier alpha value is -2.31. The molecule has 1 amide bonds. The summed E-state index contributed by atoms with van der Waals surface area (Å²) in [7, 11) is 0. The Bertz CT molecular complexity index is 946. The third-order valence-electron chi connectivity index (χ3n) is 4.63. The van der Waals surface area contributed by atoms with Gasteiger partial charge in [-0.1, -0.05) is 17.7 Å². The molecule has 0 saturated carbocycles. The second-order valence-corrected chi connectivity index (χ2v) is 7.96. The van der Waals surface area contributed by atoms with Gasteiger partial charge in [0.15, 0.2) is 0 Å². The Labute approximate surface area is 167 Å². The minimum atomic E-state index is -0.133. The maximum Gasteiger partial charge on any atom is 0.236 e. The lowest BCUT2D eigenvalue weighted by atomic mass is 10.2. The SMILES string of the molecule is Cc1oc(-c2cccs2)nc1CC(=O)Nc1cc(Cl)ccc1N1CCCC1. The molecule has 7 heteroatoms. The van der Waals surface area contributed by atoms with Gasteiger partial charge in [0.25, 0.3) is 0 Å². The summed E-state index contributed by atoms with van der Waals surface area (Å²) in [6.45, 7) is 3.83. The highest BCUT2D eigenvalue weighted by atomic mass is 35.5. The molecule has 0 unspecified atom stereocenters. The number of aromatic nitrogens is 1. The minimum absolute atomic E-state index is 0.133. The summed E-state index contributed by atoms with van der Waals surface area (Å²) < 4.78 is 5.72. The zero-order chi connectivity index (χ0) is 18.8. The standard InChI is InChI=1S/C20H20ClN3O2S/c1-13-15(23-20(26-13)18-5-4-10-27-18)12-19(25)22-16-11-14(21)6-7-17(16)24-8-2-3-9-24/h4-7,10-11H,2-3,8-9,12H2,1H3,(H,22,25). The summed E-state index contributed by atoms with van der Waals surface area (Å²) in [6, 6.07) is 9.54. The summed E-state index contributed by atoms with van der Waals surface area (Å²) in [6.07, 6.45) is 2.49. The fourth-order valence-corrected chi connectivity index (χ4v) is 4.11. The molecule has 4 rings (SSSR count). The van der Waals surface area contributed by atoms with Gasteiger partial charge < -0.3 is 14.6 Å². The third kappa shape index (κ3) is 4.01. The van der Waals surface area contributed by atoms with Crippen molar-refractivity contribution >= 4 is 40.2 Å². The highest BCUT2D eigenvalue weighted by Gasteiger charge is 2.19. The van der Waals surface area contributed by atoms with Gasteiger partial charge in [0.05, 0.1) is 28.4 Å². The predicted molar refractivity (Wildman–Crippen MR) is 110 cm³/mol. The number of carbonyl (C=O) groups excluding carboxylic acids is 1. The molecule has 1 aromatic carbocycles. The molecule has 0 atom stereocenters. The average molecular weight is 402 g/mol. The number of nitrogens with zero attached hydrogens (tertiary/aromatic N) is 2. The Morgan fingerprint density at radius 3 is 2.89 bits per heavy atom. The van der Waals surface area contributed by atoms with E-state index in [2.05, 4.69) is 15.2 Å². The number of rotatable bonds is 5. The van der Waals surface area contributed by atoms with E-state index in [4.69, 9.17) is 16.0 Å². The molecule has 2 aromatic heterocycles. The molecule has 1 N–H and O–H groups in total. The summed E-state index contributed by atoms with van der Waals surface area (Å²) in [5.74, 6) is 1.09. The number of anilines is 2. The van der Waals surface area contributed by atoms with E-state index in [1.54, 1.807) is 17.4 Å². The molecule has 140 valence electrons. The Kier molecular flexibility index (Phi) is 5.18. The van der Waals surface area contributed by atoms with Crippen molar-refractivity contribution in [3.05, 3.63) is 52.2 Å². The molecule has 3 heterocycles. The Morgan fingerprint density at radius 2 is 2.15 bits per heavy atom. The number of hydrogen-bond donors (Lipinski definition) is 1. The molecule has 3 aromatic rings. The predicted octanol–water partition coefficient (Wildman–Crippen LogP) is 5.15. The van der Waals surface area contributed by atoms with E-state index in [1.807, 2.05) is 36.6 Å². The number of oxazole rings is 1. The molecular weight excluding hydrogens is 382 g/mol. The van der Waals surface area contributed by atoms with Crippen LogP contribution in [0.2, 0.25) is 5.02 Å². The van der Waals surface area contributed by atoms with E-state index in [1.165, 1.54) is 12.8 Å². The van der Waals surface area contributed by atoms with Crippen LogP contribution >= 0.6 is 22.9 Å². The Balaban J connectivity index is 1.51. The summed E-state index contributed by atoms with van der Waals surface area (Å²) >= 11 is 7.72. The lowest BCUT2D eigenvalue weighted by Crippen LogP contribution is -2.22. The van der Waals surface area contributed by atoms with E-state index in [0.717, 1.165) is 29.3 Å². The van der Waals surface area contributed by atoms with Gasteiger partial charge in [0.2, 0.25) is 11.8 Å². The van der Waals surface area contributed by atoms with Crippen molar-refractivity contribution in [1.82, 2.24) is 4.98 Å². The van der Waals surface area contributed by atoms with Gasteiger partial charge >= 0.3 is 0 Å². The number of thiophene rings is 1. The van der Waals surface area contributed by atoms with Crippen LogP contribution in [-0.2, 0) is 11.2 Å². The van der Waals surface area contributed by atoms with Crippen molar-refractivity contribution in [3.63, 3.8) is 0 Å². The van der Waals surface area contributed by atoms with Gasteiger partial charge in [-0.25, -0.2) is 4.98 Å². The Morgan fingerprint density at radius 1 is 1.33 bits per heavy atom. The molecular formula is C20H20ClN3O2S. The molecule has 1 aliphatic rings. The summed E-state index contributed by atoms with van der Waals surface area (Å²) in [4.78, 5) is 20.4. The monoisotopic (exact) mass is 401 g/mol. The molecule has 5 nitrogen and oxygen atoms in total. The average Bonchev–Trinajstić information content (AvgIpc) is 3.37. The van der Waals surface area contributed by atoms with Gasteiger partial charge in [0, 0.05) is 18.1 Å². The lowest BCUT2D eigenvalue weighted by molar-refractivity contribution is -0.115. The molecule has 1 saturated heterocycles. The summed E-state index contributed by atoms with van der Waals surface area (Å²) in [5, 5.41) is 5.58. The normalized spacial score (nSPS) is 13.9. The molecule has 1 fully saturated rings. The second-order valence-electron chi connectivity index (χ2n) is 6.58. The van der Waals surface area contributed by atoms with Crippen molar-refractivity contribution < 1.29 is 9.21 Å². The zero-order valence-corrected chi connectivity index (χ0v) is 16.6. The van der Waals surface area contributed by atoms with Crippen molar-refractivity contribution in [2.45, 2.75) is 26.2 Å². The van der Waals surface area contributed by atoms with Gasteiger partial charge in [-0.2, -0.15) is 0 Å². The van der Waals surface area contributed by atoms with Gasteiger partial charge in [-0.15, -0.1) is 11.3 Å². The first kappa shape index (κ1) is 18.1. The number of nitrogens with one attached hydrogen (secondary N) is 1. The van der Waals surface area contributed by atoms with Crippen molar-refractivity contribution in [2.75, 3.05) is 23.3 Å². The summed E-state index contributed by atoms with van der Waals surface area (Å²) in [5.41, 5.74) is 2.41. The molecule has 0 spiro atoms. The van der Waals surface area contributed by atoms with Crippen molar-refractivity contribution in [1.29, 1.82) is 0 Å². The van der Waals surface area contributed by atoms with Crippen LogP contribution in [0.1, 0.15) is 24.3 Å². The van der Waals surface area contributed by atoms with Gasteiger partial charge in [-0.3, -0.25) is 4.79 Å². The van der Waals surface area contributed by atoms with E-state index in [-0.39, 0.29) is 12.3 Å². The van der Waals surface area contributed by atoms with Gasteiger partial charge in [-0.05, 0) is 49.4 Å². The quantitative estimate of drug-likeness (QED) is 0.642. The van der Waals surface area contributed by atoms with Crippen LogP contribution in [0.5, 0.6) is 0 Å². The highest BCUT2D eigenvalue weighted by molar-refractivity contribution is 7.13. The van der Waals surface area contributed by atoms with Crippen LogP contribution < -0.4 is 10.2 Å².